The molecule has 0 aromatic heterocycles. The fourth-order valence-corrected chi connectivity index (χ4v) is 6.14. The van der Waals surface area contributed by atoms with Crippen LogP contribution in [0.3, 0.4) is 0 Å². The topological polar surface area (TPSA) is 104 Å². The third kappa shape index (κ3) is 5.32. The molecule has 1 aliphatic rings. The molecule has 8 nitrogen and oxygen atoms in total. The number of amides is 1. The molecule has 0 saturated heterocycles. The number of sulfonamides is 2. The minimum atomic E-state index is -3.99. The highest BCUT2D eigenvalue weighted by Crippen LogP contribution is 2.29. The smallest absolute Gasteiger partial charge is 0.243 e. The number of benzene rings is 2. The van der Waals surface area contributed by atoms with Crippen LogP contribution in [0, 0.1) is 0 Å². The second-order valence-electron chi connectivity index (χ2n) is 7.66. The normalized spacial score (nSPS) is 15.5. The van der Waals surface area contributed by atoms with E-state index in [9.17, 15) is 21.6 Å². The summed E-state index contributed by atoms with van der Waals surface area (Å²) in [7, 11) is -4.84. The van der Waals surface area contributed by atoms with Crippen molar-refractivity contribution in [3.63, 3.8) is 0 Å². The lowest BCUT2D eigenvalue weighted by Crippen LogP contribution is -2.43. The van der Waals surface area contributed by atoms with Gasteiger partial charge < -0.3 is 5.32 Å². The van der Waals surface area contributed by atoms with Gasteiger partial charge in [-0.2, -0.15) is 4.31 Å². The molecule has 0 bridgehead atoms. The standard InChI is InChI=1S/C21H27N3O5S2/c1-23(2)30(26,27)19-12-14-20(15-13-19)31(28,29)24(18-10-6-7-11-18)16-21(25)22-17-8-4-3-5-9-17/h3-5,8-9,12-15,18H,6-7,10-11,16H2,1-2H3,(H,22,25). The lowest BCUT2D eigenvalue weighted by Gasteiger charge is -2.27. The molecule has 168 valence electrons. The molecule has 1 N–H and O–H groups in total. The molecule has 0 unspecified atom stereocenters. The first-order valence-corrected chi connectivity index (χ1v) is 12.9. The molecule has 0 radical (unpaired) electrons. The van der Waals surface area contributed by atoms with E-state index >= 15 is 0 Å². The molecule has 3 rings (SSSR count). The molecule has 0 spiro atoms. The van der Waals surface area contributed by atoms with Gasteiger partial charge >= 0.3 is 0 Å². The third-order valence-electron chi connectivity index (χ3n) is 5.30. The van der Waals surface area contributed by atoms with Crippen molar-refractivity contribution >= 4 is 31.6 Å². The summed E-state index contributed by atoms with van der Waals surface area (Å²) in [5.74, 6) is -0.423. The predicted octanol–water partition coefficient (Wildman–Crippen LogP) is 2.51. The van der Waals surface area contributed by atoms with Crippen LogP contribution in [0.1, 0.15) is 25.7 Å². The Hall–Kier alpha value is -2.27. The van der Waals surface area contributed by atoms with Crippen LogP contribution in [0.25, 0.3) is 0 Å². The summed E-state index contributed by atoms with van der Waals surface area (Å²) < 4.78 is 53.6. The Morgan fingerprint density at radius 1 is 0.871 bits per heavy atom. The lowest BCUT2D eigenvalue weighted by molar-refractivity contribution is -0.116. The zero-order valence-corrected chi connectivity index (χ0v) is 19.2. The van der Waals surface area contributed by atoms with Crippen LogP contribution in [0.2, 0.25) is 0 Å². The lowest BCUT2D eigenvalue weighted by atomic mass is 10.2. The van der Waals surface area contributed by atoms with Crippen molar-refractivity contribution in [3.05, 3.63) is 54.6 Å². The summed E-state index contributed by atoms with van der Waals surface area (Å²) in [6.07, 6.45) is 3.17. The van der Waals surface area contributed by atoms with Crippen molar-refractivity contribution in [2.24, 2.45) is 0 Å². The molecular weight excluding hydrogens is 438 g/mol. The predicted molar refractivity (Wildman–Crippen MR) is 119 cm³/mol. The maximum atomic E-state index is 13.4. The van der Waals surface area contributed by atoms with Crippen molar-refractivity contribution in [3.8, 4) is 0 Å². The minimum Gasteiger partial charge on any atom is -0.325 e. The number of nitrogens with one attached hydrogen (secondary N) is 1. The van der Waals surface area contributed by atoms with E-state index in [0.29, 0.717) is 18.5 Å². The van der Waals surface area contributed by atoms with Gasteiger partial charge in [-0.25, -0.2) is 21.1 Å². The number of para-hydroxylation sites is 1. The van der Waals surface area contributed by atoms with Crippen LogP contribution >= 0.6 is 0 Å². The Morgan fingerprint density at radius 2 is 1.39 bits per heavy atom. The number of carbonyl (C=O) groups is 1. The molecule has 10 heteroatoms. The molecular formula is C21H27N3O5S2. The first kappa shape index (κ1) is 23.4. The average Bonchev–Trinajstić information content (AvgIpc) is 3.27. The number of carbonyl (C=O) groups excluding carboxylic acids is 1. The fourth-order valence-electron chi connectivity index (χ4n) is 3.60. The molecule has 0 heterocycles. The Kier molecular flexibility index (Phi) is 7.15. The third-order valence-corrected chi connectivity index (χ3v) is 9.04. The molecule has 2 aromatic carbocycles. The van der Waals surface area contributed by atoms with E-state index in [2.05, 4.69) is 5.32 Å². The SMILES string of the molecule is CN(C)S(=O)(=O)c1ccc(S(=O)(=O)N(CC(=O)Nc2ccccc2)C2CCCC2)cc1. The summed E-state index contributed by atoms with van der Waals surface area (Å²) in [4.78, 5) is 12.6. The van der Waals surface area contributed by atoms with Crippen molar-refractivity contribution in [2.75, 3.05) is 26.0 Å². The first-order chi connectivity index (χ1) is 14.6. The molecule has 2 aromatic rings. The van der Waals surface area contributed by atoms with Gasteiger partial charge in [0.25, 0.3) is 0 Å². The second kappa shape index (κ2) is 9.47. The number of anilines is 1. The second-order valence-corrected chi connectivity index (χ2v) is 11.7. The van der Waals surface area contributed by atoms with Gasteiger partial charge in [-0.05, 0) is 49.2 Å². The van der Waals surface area contributed by atoms with Gasteiger partial charge in [0.2, 0.25) is 26.0 Å². The van der Waals surface area contributed by atoms with Gasteiger partial charge in [0, 0.05) is 25.8 Å². The van der Waals surface area contributed by atoms with Crippen LogP contribution in [-0.4, -0.2) is 58.0 Å². The van der Waals surface area contributed by atoms with Crippen LogP contribution in [0.4, 0.5) is 5.69 Å². The van der Waals surface area contributed by atoms with Gasteiger partial charge in [-0.3, -0.25) is 4.79 Å². The van der Waals surface area contributed by atoms with E-state index in [4.69, 9.17) is 0 Å². The summed E-state index contributed by atoms with van der Waals surface area (Å²) in [5, 5.41) is 2.73. The van der Waals surface area contributed by atoms with Crippen LogP contribution in [0.5, 0.6) is 0 Å². The fraction of sp³-hybridized carbons (Fsp3) is 0.381. The van der Waals surface area contributed by atoms with E-state index < -0.39 is 26.0 Å². The van der Waals surface area contributed by atoms with E-state index in [1.165, 1.54) is 42.7 Å². The molecule has 1 aliphatic carbocycles. The van der Waals surface area contributed by atoms with Crippen molar-refractivity contribution in [2.45, 2.75) is 41.5 Å². The number of nitrogens with zero attached hydrogens (tertiary/aromatic N) is 2. The van der Waals surface area contributed by atoms with Crippen LogP contribution in [0.15, 0.2) is 64.4 Å². The summed E-state index contributed by atoms with van der Waals surface area (Å²) in [6.45, 7) is -0.306. The molecule has 0 aliphatic heterocycles. The van der Waals surface area contributed by atoms with Gasteiger partial charge in [0.15, 0.2) is 0 Å². The highest BCUT2D eigenvalue weighted by Gasteiger charge is 2.35. The average molecular weight is 466 g/mol. The van der Waals surface area contributed by atoms with Gasteiger partial charge in [0.1, 0.15) is 0 Å². The Morgan fingerprint density at radius 3 is 1.90 bits per heavy atom. The van der Waals surface area contributed by atoms with Crippen molar-refractivity contribution in [1.82, 2.24) is 8.61 Å². The highest BCUT2D eigenvalue weighted by molar-refractivity contribution is 7.89. The number of rotatable bonds is 8. The van der Waals surface area contributed by atoms with Crippen LogP contribution < -0.4 is 5.32 Å². The Labute approximate surface area is 184 Å². The maximum absolute atomic E-state index is 13.4. The van der Waals surface area contributed by atoms with Crippen molar-refractivity contribution in [1.29, 1.82) is 0 Å². The first-order valence-electron chi connectivity index (χ1n) is 10.0. The molecule has 1 saturated carbocycles. The quantitative estimate of drug-likeness (QED) is 0.645. The number of hydrogen-bond donors (Lipinski definition) is 1. The zero-order chi connectivity index (χ0) is 22.6. The molecule has 1 fully saturated rings. The molecule has 31 heavy (non-hydrogen) atoms. The Balaban J connectivity index is 1.86. The van der Waals surface area contributed by atoms with Crippen molar-refractivity contribution < 1.29 is 21.6 Å². The minimum absolute atomic E-state index is 0.00527. The molecule has 0 atom stereocenters. The van der Waals surface area contributed by atoms with E-state index in [-0.39, 0.29) is 22.4 Å². The number of hydrogen-bond acceptors (Lipinski definition) is 5. The van der Waals surface area contributed by atoms with Gasteiger partial charge in [0.05, 0.1) is 16.3 Å². The summed E-state index contributed by atoms with van der Waals surface area (Å²) in [5.41, 5.74) is 0.592. The van der Waals surface area contributed by atoms with Gasteiger partial charge in [-0.1, -0.05) is 31.0 Å². The zero-order valence-electron chi connectivity index (χ0n) is 17.6. The Bertz CT molecular complexity index is 1110. The van der Waals surface area contributed by atoms with Crippen LogP contribution in [-0.2, 0) is 24.8 Å². The van der Waals surface area contributed by atoms with Gasteiger partial charge in [-0.15, -0.1) is 0 Å². The summed E-state index contributed by atoms with van der Waals surface area (Å²) in [6, 6.07) is 13.7. The van der Waals surface area contributed by atoms with E-state index in [1.54, 1.807) is 24.3 Å². The van der Waals surface area contributed by atoms with E-state index in [0.717, 1.165) is 17.1 Å². The summed E-state index contributed by atoms with van der Waals surface area (Å²) >= 11 is 0. The largest absolute Gasteiger partial charge is 0.325 e. The van der Waals surface area contributed by atoms with E-state index in [1.807, 2.05) is 6.07 Å². The monoisotopic (exact) mass is 465 g/mol. The maximum Gasteiger partial charge on any atom is 0.243 e. The highest BCUT2D eigenvalue weighted by atomic mass is 32.2. The molecule has 1 amide bonds.